The Bertz CT molecular complexity index is 966. The smallest absolute Gasteiger partial charge is 0.327 e. The lowest BCUT2D eigenvalue weighted by molar-refractivity contribution is -0.384. The summed E-state index contributed by atoms with van der Waals surface area (Å²) in [6, 6.07) is 11.4. The maximum Gasteiger partial charge on any atom is 0.327 e. The number of benzene rings is 2. The van der Waals surface area contributed by atoms with Crippen molar-refractivity contribution in [2.75, 3.05) is 13.1 Å². The third kappa shape index (κ3) is 5.65. The molecule has 1 N–H and O–H groups in total. The number of carboxylic acid groups (broad SMARTS) is 1. The molecule has 9 nitrogen and oxygen atoms in total. The number of nitrogens with zero attached hydrogens (tertiary/aromatic N) is 3. The first-order valence-corrected chi connectivity index (χ1v) is 10.00. The number of carbonyl (C=O) groups excluding carboxylic acids is 2. The summed E-state index contributed by atoms with van der Waals surface area (Å²) in [4.78, 5) is 50.3. The molecule has 9 heteroatoms. The van der Waals surface area contributed by atoms with Gasteiger partial charge in [0.25, 0.3) is 11.6 Å². The molecule has 2 aromatic carbocycles. The normalized spacial score (nSPS) is 13.5. The van der Waals surface area contributed by atoms with Crippen LogP contribution in [0.15, 0.2) is 48.5 Å². The Kier molecular flexibility index (Phi) is 6.96. The molecule has 0 spiro atoms. The number of amides is 3. The van der Waals surface area contributed by atoms with Crippen molar-refractivity contribution in [1.29, 1.82) is 0 Å². The molecular formula is C22H23N3O6. The van der Waals surface area contributed by atoms with Crippen LogP contribution in [0.3, 0.4) is 0 Å². The third-order valence-corrected chi connectivity index (χ3v) is 5.15. The molecule has 0 unspecified atom stereocenters. The van der Waals surface area contributed by atoms with Gasteiger partial charge in [0, 0.05) is 30.8 Å². The van der Waals surface area contributed by atoms with Crippen LogP contribution in [-0.4, -0.2) is 50.8 Å². The number of likely N-dealkylation sites (tertiary alicyclic amines) is 1. The highest BCUT2D eigenvalue weighted by molar-refractivity contribution is 6.04. The van der Waals surface area contributed by atoms with E-state index in [1.54, 1.807) is 29.2 Å². The summed E-state index contributed by atoms with van der Waals surface area (Å²) >= 11 is 0. The summed E-state index contributed by atoms with van der Waals surface area (Å²) in [6.07, 6.45) is 2.66. The molecule has 1 aliphatic rings. The highest BCUT2D eigenvalue weighted by atomic mass is 16.6. The minimum Gasteiger partial charge on any atom is -0.481 e. The first-order chi connectivity index (χ1) is 14.8. The van der Waals surface area contributed by atoms with Crippen molar-refractivity contribution >= 4 is 23.6 Å². The second kappa shape index (κ2) is 9.84. The summed E-state index contributed by atoms with van der Waals surface area (Å²) in [6.45, 7) is 1.15. The highest BCUT2D eigenvalue weighted by Crippen LogP contribution is 2.19. The number of carbonyl (C=O) groups is 3. The average Bonchev–Trinajstić information content (AvgIpc) is 2.78. The van der Waals surface area contributed by atoms with Crippen LogP contribution in [-0.2, 0) is 17.8 Å². The molecule has 0 atom stereocenters. The van der Waals surface area contributed by atoms with Crippen LogP contribution >= 0.6 is 0 Å². The van der Waals surface area contributed by atoms with Gasteiger partial charge in [0.05, 0.1) is 17.9 Å². The predicted octanol–water partition coefficient (Wildman–Crippen LogP) is 3.47. The highest BCUT2D eigenvalue weighted by Gasteiger charge is 2.29. The Morgan fingerprint density at radius 2 is 1.52 bits per heavy atom. The van der Waals surface area contributed by atoms with Crippen molar-refractivity contribution in [3.05, 3.63) is 75.3 Å². The number of hydrogen-bond acceptors (Lipinski definition) is 5. The number of nitro benzene ring substituents is 1. The minimum atomic E-state index is -0.942. The number of imide groups is 1. The molecule has 31 heavy (non-hydrogen) atoms. The monoisotopic (exact) mass is 425 g/mol. The van der Waals surface area contributed by atoms with E-state index >= 15 is 0 Å². The lowest BCUT2D eigenvalue weighted by Gasteiger charge is -2.32. The molecular weight excluding hydrogens is 402 g/mol. The van der Waals surface area contributed by atoms with Gasteiger partial charge in [-0.15, -0.1) is 0 Å². The molecule has 2 aromatic rings. The lowest BCUT2D eigenvalue weighted by atomic mass is 10.1. The summed E-state index contributed by atoms with van der Waals surface area (Å²) in [7, 11) is 0. The fourth-order valence-corrected chi connectivity index (χ4v) is 3.48. The van der Waals surface area contributed by atoms with Gasteiger partial charge in [-0.1, -0.05) is 24.3 Å². The van der Waals surface area contributed by atoms with E-state index in [0.29, 0.717) is 24.2 Å². The quantitative estimate of drug-likeness (QED) is 0.559. The van der Waals surface area contributed by atoms with Crippen molar-refractivity contribution < 1.29 is 24.4 Å². The van der Waals surface area contributed by atoms with E-state index in [1.807, 2.05) is 0 Å². The Balaban J connectivity index is 1.84. The van der Waals surface area contributed by atoms with Crippen LogP contribution in [0.25, 0.3) is 0 Å². The van der Waals surface area contributed by atoms with Crippen LogP contribution in [0.2, 0.25) is 0 Å². The van der Waals surface area contributed by atoms with E-state index in [1.165, 1.54) is 24.3 Å². The number of rotatable bonds is 6. The molecule has 0 bridgehead atoms. The number of carboxylic acids is 1. The maximum absolute atomic E-state index is 13.2. The Labute approximate surface area is 179 Å². The second-order valence-electron chi connectivity index (χ2n) is 7.41. The van der Waals surface area contributed by atoms with Gasteiger partial charge in [0.15, 0.2) is 0 Å². The summed E-state index contributed by atoms with van der Waals surface area (Å²) in [5.41, 5.74) is 1.33. The summed E-state index contributed by atoms with van der Waals surface area (Å²) < 4.78 is 0. The molecule has 1 fully saturated rings. The first-order valence-electron chi connectivity index (χ1n) is 10.00. The molecule has 1 aliphatic heterocycles. The molecule has 3 rings (SSSR count). The van der Waals surface area contributed by atoms with Crippen molar-refractivity contribution in [1.82, 2.24) is 9.80 Å². The van der Waals surface area contributed by atoms with Crippen LogP contribution in [0, 0.1) is 10.1 Å². The van der Waals surface area contributed by atoms with Gasteiger partial charge >= 0.3 is 12.0 Å². The van der Waals surface area contributed by atoms with Crippen LogP contribution in [0.1, 0.15) is 40.7 Å². The van der Waals surface area contributed by atoms with Crippen LogP contribution in [0.5, 0.6) is 0 Å². The van der Waals surface area contributed by atoms with E-state index in [4.69, 9.17) is 5.11 Å². The zero-order chi connectivity index (χ0) is 22.4. The lowest BCUT2D eigenvalue weighted by Crippen LogP contribution is -2.47. The van der Waals surface area contributed by atoms with Crippen LogP contribution < -0.4 is 0 Å². The second-order valence-corrected chi connectivity index (χ2v) is 7.41. The summed E-state index contributed by atoms with van der Waals surface area (Å²) in [5, 5.41) is 19.8. The molecule has 1 saturated heterocycles. The first kappa shape index (κ1) is 21.9. The van der Waals surface area contributed by atoms with Crippen molar-refractivity contribution in [2.45, 2.75) is 32.2 Å². The van der Waals surface area contributed by atoms with E-state index in [2.05, 4.69) is 0 Å². The standard InChI is InChI=1S/C22H23N3O6/c26-20(27)14-16-4-6-17(7-5-16)15-24(22(29)23-12-2-1-3-13-23)21(28)18-8-10-19(11-9-18)25(30)31/h4-11H,1-3,12-15H2,(H,26,27). The summed E-state index contributed by atoms with van der Waals surface area (Å²) in [5.74, 6) is -1.48. The van der Waals surface area contributed by atoms with Gasteiger partial charge < -0.3 is 10.0 Å². The van der Waals surface area contributed by atoms with Gasteiger partial charge in [-0.3, -0.25) is 24.6 Å². The van der Waals surface area contributed by atoms with Gasteiger partial charge in [-0.2, -0.15) is 0 Å². The number of aliphatic carboxylic acids is 1. The maximum atomic E-state index is 13.2. The molecule has 0 radical (unpaired) electrons. The number of urea groups is 1. The topological polar surface area (TPSA) is 121 Å². The van der Waals surface area contributed by atoms with Gasteiger partial charge in [0.2, 0.25) is 0 Å². The fraction of sp³-hybridized carbons (Fsp3) is 0.318. The zero-order valence-corrected chi connectivity index (χ0v) is 16.9. The average molecular weight is 425 g/mol. The third-order valence-electron chi connectivity index (χ3n) is 5.15. The zero-order valence-electron chi connectivity index (χ0n) is 16.9. The number of hydrogen-bond donors (Lipinski definition) is 1. The number of non-ortho nitro benzene ring substituents is 1. The van der Waals surface area contributed by atoms with E-state index in [0.717, 1.165) is 24.2 Å². The van der Waals surface area contributed by atoms with Gasteiger partial charge in [-0.05, 0) is 42.5 Å². The SMILES string of the molecule is O=C(O)Cc1ccc(CN(C(=O)c2ccc([N+](=O)[O-])cc2)C(=O)N2CCCCC2)cc1. The Morgan fingerprint density at radius 3 is 2.06 bits per heavy atom. The molecule has 162 valence electrons. The molecule has 0 aliphatic carbocycles. The molecule has 3 amide bonds. The van der Waals surface area contributed by atoms with E-state index < -0.39 is 22.8 Å². The van der Waals surface area contributed by atoms with Crippen molar-refractivity contribution in [2.24, 2.45) is 0 Å². The van der Waals surface area contributed by atoms with Gasteiger partial charge in [0.1, 0.15) is 0 Å². The molecule has 1 heterocycles. The van der Waals surface area contributed by atoms with E-state index in [9.17, 15) is 24.5 Å². The largest absolute Gasteiger partial charge is 0.481 e. The Hall–Kier alpha value is -3.75. The number of nitro groups is 1. The van der Waals surface area contributed by atoms with Crippen molar-refractivity contribution in [3.8, 4) is 0 Å². The van der Waals surface area contributed by atoms with Crippen LogP contribution in [0.4, 0.5) is 10.5 Å². The Morgan fingerprint density at radius 1 is 0.935 bits per heavy atom. The minimum absolute atomic E-state index is 0.0124. The molecule has 0 saturated carbocycles. The number of piperidine rings is 1. The molecule has 0 aromatic heterocycles. The van der Waals surface area contributed by atoms with Crippen molar-refractivity contribution in [3.63, 3.8) is 0 Å². The predicted molar refractivity (Wildman–Crippen MR) is 112 cm³/mol. The van der Waals surface area contributed by atoms with Gasteiger partial charge in [-0.25, -0.2) is 4.79 Å². The fourth-order valence-electron chi connectivity index (χ4n) is 3.48. The van der Waals surface area contributed by atoms with E-state index in [-0.39, 0.29) is 24.2 Å².